The Balaban J connectivity index is 1.41. The number of amides is 2. The Labute approximate surface area is 184 Å². The standard InChI is InChI=1S/C25H21FN4O2/c1-17(18-7-11-23(12-8-18)30-14-13-27-16-30)28-25(32)20-3-2-4-22(15-20)29-24(31)19-5-9-21(26)10-6-19/h2-17H,1H3,(H,28,32)(H,29,31)/t17-/m0/s1. The number of anilines is 1. The smallest absolute Gasteiger partial charge is 0.255 e. The van der Waals surface area contributed by atoms with E-state index in [4.69, 9.17) is 0 Å². The van der Waals surface area contributed by atoms with E-state index in [1.807, 2.05) is 42.0 Å². The minimum absolute atomic E-state index is 0.211. The lowest BCUT2D eigenvalue weighted by molar-refractivity contribution is 0.0938. The zero-order valence-electron chi connectivity index (χ0n) is 17.3. The van der Waals surface area contributed by atoms with E-state index in [1.54, 1.807) is 36.8 Å². The predicted molar refractivity (Wildman–Crippen MR) is 120 cm³/mol. The molecule has 0 aliphatic heterocycles. The monoisotopic (exact) mass is 428 g/mol. The first-order chi connectivity index (χ1) is 15.5. The van der Waals surface area contributed by atoms with Crippen molar-refractivity contribution < 1.29 is 14.0 Å². The summed E-state index contributed by atoms with van der Waals surface area (Å²) < 4.78 is 15.0. The number of aromatic nitrogens is 2. The molecular formula is C25H21FN4O2. The Morgan fingerprint density at radius 3 is 2.38 bits per heavy atom. The van der Waals surface area contributed by atoms with Crippen molar-refractivity contribution in [3.05, 3.63) is 114 Å². The van der Waals surface area contributed by atoms with E-state index in [0.717, 1.165) is 11.3 Å². The molecule has 0 aliphatic carbocycles. The first-order valence-electron chi connectivity index (χ1n) is 10.1. The molecule has 1 aromatic heterocycles. The van der Waals surface area contributed by atoms with Crippen LogP contribution in [-0.4, -0.2) is 21.4 Å². The molecule has 1 atom stereocenters. The summed E-state index contributed by atoms with van der Waals surface area (Å²) >= 11 is 0. The van der Waals surface area contributed by atoms with E-state index in [0.29, 0.717) is 16.8 Å². The summed E-state index contributed by atoms with van der Waals surface area (Å²) in [6.45, 7) is 1.91. The van der Waals surface area contributed by atoms with Crippen molar-refractivity contribution in [3.8, 4) is 5.69 Å². The minimum Gasteiger partial charge on any atom is -0.346 e. The molecule has 0 radical (unpaired) electrons. The number of nitrogens with one attached hydrogen (secondary N) is 2. The quantitative estimate of drug-likeness (QED) is 0.465. The maximum absolute atomic E-state index is 13.0. The summed E-state index contributed by atoms with van der Waals surface area (Å²) in [5, 5.41) is 5.70. The van der Waals surface area contributed by atoms with Crippen molar-refractivity contribution in [3.63, 3.8) is 0 Å². The number of imidazole rings is 1. The van der Waals surface area contributed by atoms with Crippen LogP contribution >= 0.6 is 0 Å². The van der Waals surface area contributed by atoms with Gasteiger partial charge in [0.15, 0.2) is 0 Å². The molecular weight excluding hydrogens is 407 g/mol. The lowest BCUT2D eigenvalue weighted by Crippen LogP contribution is -2.26. The number of halogens is 1. The zero-order valence-corrected chi connectivity index (χ0v) is 17.3. The normalized spacial score (nSPS) is 11.6. The van der Waals surface area contributed by atoms with Gasteiger partial charge in [-0.15, -0.1) is 0 Å². The average molecular weight is 428 g/mol. The molecule has 0 spiro atoms. The van der Waals surface area contributed by atoms with Crippen molar-refractivity contribution in [2.45, 2.75) is 13.0 Å². The van der Waals surface area contributed by atoms with Crippen molar-refractivity contribution in [1.29, 1.82) is 0 Å². The highest BCUT2D eigenvalue weighted by molar-refractivity contribution is 6.05. The summed E-state index contributed by atoms with van der Waals surface area (Å²) in [5.41, 5.74) is 3.17. The summed E-state index contributed by atoms with van der Waals surface area (Å²) in [5.74, 6) is -1.05. The largest absolute Gasteiger partial charge is 0.346 e. The van der Waals surface area contributed by atoms with E-state index >= 15 is 0 Å². The van der Waals surface area contributed by atoms with Crippen LogP contribution in [0.4, 0.5) is 10.1 Å². The van der Waals surface area contributed by atoms with E-state index in [-0.39, 0.29) is 17.9 Å². The molecule has 2 amide bonds. The lowest BCUT2D eigenvalue weighted by Gasteiger charge is -2.15. The third-order valence-corrected chi connectivity index (χ3v) is 5.03. The van der Waals surface area contributed by atoms with Crippen LogP contribution in [0.1, 0.15) is 39.2 Å². The van der Waals surface area contributed by atoms with E-state index in [2.05, 4.69) is 15.6 Å². The van der Waals surface area contributed by atoms with Crippen LogP contribution < -0.4 is 10.6 Å². The zero-order chi connectivity index (χ0) is 22.5. The number of rotatable bonds is 6. The number of nitrogens with zero attached hydrogens (tertiary/aromatic N) is 2. The van der Waals surface area contributed by atoms with Crippen LogP contribution in [0.2, 0.25) is 0 Å². The third kappa shape index (κ3) is 4.89. The highest BCUT2D eigenvalue weighted by atomic mass is 19.1. The van der Waals surface area contributed by atoms with E-state index in [1.165, 1.54) is 24.3 Å². The van der Waals surface area contributed by atoms with Crippen LogP contribution in [0.5, 0.6) is 0 Å². The maximum atomic E-state index is 13.0. The minimum atomic E-state index is -0.411. The molecule has 7 heteroatoms. The van der Waals surface area contributed by atoms with Crippen LogP contribution in [0, 0.1) is 5.82 Å². The molecule has 0 fully saturated rings. The molecule has 3 aromatic carbocycles. The van der Waals surface area contributed by atoms with Gasteiger partial charge >= 0.3 is 0 Å². The number of hydrogen-bond donors (Lipinski definition) is 2. The summed E-state index contributed by atoms with van der Waals surface area (Å²) in [6.07, 6.45) is 5.30. The Morgan fingerprint density at radius 2 is 1.69 bits per heavy atom. The van der Waals surface area contributed by atoms with Gasteiger partial charge in [-0.05, 0) is 67.1 Å². The van der Waals surface area contributed by atoms with Gasteiger partial charge in [0, 0.05) is 34.9 Å². The molecule has 0 saturated carbocycles. The molecule has 1 heterocycles. The van der Waals surface area contributed by atoms with Crippen molar-refractivity contribution in [2.75, 3.05) is 5.32 Å². The van der Waals surface area contributed by atoms with Crippen LogP contribution in [0.15, 0.2) is 91.5 Å². The molecule has 0 saturated heterocycles. The van der Waals surface area contributed by atoms with Gasteiger partial charge in [0.05, 0.1) is 12.4 Å². The van der Waals surface area contributed by atoms with Gasteiger partial charge in [-0.1, -0.05) is 18.2 Å². The Bertz CT molecular complexity index is 1220. The van der Waals surface area contributed by atoms with Gasteiger partial charge in [-0.25, -0.2) is 9.37 Å². The molecule has 0 aliphatic rings. The van der Waals surface area contributed by atoms with E-state index < -0.39 is 5.82 Å². The average Bonchev–Trinajstić information content (AvgIpc) is 3.35. The maximum Gasteiger partial charge on any atom is 0.255 e. The Hall–Kier alpha value is -4.26. The van der Waals surface area contributed by atoms with Crippen LogP contribution in [0.25, 0.3) is 5.69 Å². The topological polar surface area (TPSA) is 76.0 Å². The second-order valence-electron chi connectivity index (χ2n) is 7.30. The number of carbonyl (C=O) groups excluding carboxylic acids is 2. The number of carbonyl (C=O) groups is 2. The van der Waals surface area contributed by atoms with Gasteiger partial charge < -0.3 is 15.2 Å². The van der Waals surface area contributed by atoms with Gasteiger partial charge in [0.2, 0.25) is 0 Å². The van der Waals surface area contributed by atoms with Crippen molar-refractivity contribution >= 4 is 17.5 Å². The first-order valence-corrected chi connectivity index (χ1v) is 10.1. The summed E-state index contributed by atoms with van der Waals surface area (Å²) in [4.78, 5) is 29.1. The third-order valence-electron chi connectivity index (χ3n) is 5.03. The molecule has 0 unspecified atom stereocenters. The Kier molecular flexibility index (Phi) is 6.07. The number of benzene rings is 3. The lowest BCUT2D eigenvalue weighted by atomic mass is 10.1. The molecule has 6 nitrogen and oxygen atoms in total. The fourth-order valence-electron chi connectivity index (χ4n) is 3.25. The summed E-state index contributed by atoms with van der Waals surface area (Å²) in [7, 11) is 0. The van der Waals surface area contributed by atoms with Crippen LogP contribution in [0.3, 0.4) is 0 Å². The van der Waals surface area contributed by atoms with Gasteiger partial charge in [0.25, 0.3) is 11.8 Å². The van der Waals surface area contributed by atoms with Crippen LogP contribution in [-0.2, 0) is 0 Å². The molecule has 4 rings (SSSR count). The Morgan fingerprint density at radius 1 is 0.938 bits per heavy atom. The fourth-order valence-corrected chi connectivity index (χ4v) is 3.25. The molecule has 4 aromatic rings. The fraction of sp³-hybridized carbons (Fsp3) is 0.0800. The van der Waals surface area contributed by atoms with Crippen molar-refractivity contribution in [1.82, 2.24) is 14.9 Å². The highest BCUT2D eigenvalue weighted by Crippen LogP contribution is 2.18. The predicted octanol–water partition coefficient (Wildman–Crippen LogP) is 4.75. The van der Waals surface area contributed by atoms with E-state index in [9.17, 15) is 14.0 Å². The second kappa shape index (κ2) is 9.26. The molecule has 2 N–H and O–H groups in total. The van der Waals surface area contributed by atoms with Crippen molar-refractivity contribution in [2.24, 2.45) is 0 Å². The second-order valence-corrected chi connectivity index (χ2v) is 7.30. The molecule has 0 bridgehead atoms. The number of hydrogen-bond acceptors (Lipinski definition) is 3. The molecule has 160 valence electrons. The van der Waals surface area contributed by atoms with Gasteiger partial charge in [0.1, 0.15) is 5.82 Å². The van der Waals surface area contributed by atoms with Gasteiger partial charge in [-0.2, -0.15) is 0 Å². The van der Waals surface area contributed by atoms with Gasteiger partial charge in [-0.3, -0.25) is 9.59 Å². The summed E-state index contributed by atoms with van der Waals surface area (Å²) in [6, 6.07) is 19.6. The first kappa shape index (κ1) is 21.0. The highest BCUT2D eigenvalue weighted by Gasteiger charge is 2.13. The SMILES string of the molecule is C[C@H](NC(=O)c1cccc(NC(=O)c2ccc(F)cc2)c1)c1ccc(-n2ccnc2)cc1. The molecule has 32 heavy (non-hydrogen) atoms.